The lowest BCUT2D eigenvalue weighted by atomic mass is 9.84. The second kappa shape index (κ2) is 7.60. The Morgan fingerprint density at radius 2 is 1.89 bits per heavy atom. The third kappa shape index (κ3) is 3.42. The number of rotatable bonds is 5. The number of halogens is 1. The number of nitrogens with one attached hydrogen (secondary N) is 1. The van der Waals surface area contributed by atoms with Gasteiger partial charge in [0.1, 0.15) is 12.1 Å². The third-order valence-corrected chi connectivity index (χ3v) is 5.99. The maximum Gasteiger partial charge on any atom is 0.331 e. The van der Waals surface area contributed by atoms with Crippen LogP contribution < -0.4 is 11.1 Å². The molecule has 2 saturated heterocycles. The number of carbonyl (C=O) groups is 3. The molecule has 3 atom stereocenters. The molecule has 2 heterocycles. The van der Waals surface area contributed by atoms with Gasteiger partial charge < -0.3 is 10.5 Å². The first-order valence-corrected chi connectivity index (χ1v) is 9.72. The van der Waals surface area contributed by atoms with Gasteiger partial charge in [-0.25, -0.2) is 9.18 Å². The van der Waals surface area contributed by atoms with E-state index in [1.807, 2.05) is 12.1 Å². The molecule has 28 heavy (non-hydrogen) atoms. The van der Waals surface area contributed by atoms with Crippen LogP contribution in [0.3, 0.4) is 0 Å². The molecule has 1 aromatic carbocycles. The van der Waals surface area contributed by atoms with Crippen molar-refractivity contribution in [2.24, 2.45) is 11.7 Å². The molecule has 8 heteroatoms. The molecule has 3 aliphatic rings. The van der Waals surface area contributed by atoms with Crippen LogP contribution in [0, 0.1) is 5.92 Å². The monoisotopic (exact) mass is 389 g/mol. The number of benzene rings is 1. The van der Waals surface area contributed by atoms with Gasteiger partial charge in [0.25, 0.3) is 0 Å². The van der Waals surface area contributed by atoms with E-state index >= 15 is 0 Å². The average Bonchev–Trinajstić information content (AvgIpc) is 2.66. The standard InChI is InChI=1S/C20H24FN3O4/c21-16(17(22)13-4-2-11-1-3-12(11)9-13)10-15-18(25)23-20(27)24(19(15)26)14-5-7-28-8-6-14/h2,4,9,14-17H,1,3,5-8,10,22H2,(H,23,25,27)/t15?,16-,17-/m0/s1. The van der Waals surface area contributed by atoms with Crippen LogP contribution in [0.5, 0.6) is 0 Å². The minimum atomic E-state index is -1.58. The lowest BCUT2D eigenvalue weighted by Crippen LogP contribution is -2.62. The summed E-state index contributed by atoms with van der Waals surface area (Å²) in [5.41, 5.74) is 9.16. The molecule has 1 unspecified atom stereocenters. The normalized spacial score (nSPS) is 25.0. The van der Waals surface area contributed by atoms with Crippen molar-refractivity contribution in [1.82, 2.24) is 10.2 Å². The van der Waals surface area contributed by atoms with E-state index in [0.29, 0.717) is 31.6 Å². The quantitative estimate of drug-likeness (QED) is 0.741. The zero-order valence-electron chi connectivity index (χ0n) is 15.5. The Labute approximate surface area is 162 Å². The summed E-state index contributed by atoms with van der Waals surface area (Å²) in [6, 6.07) is 3.65. The lowest BCUT2D eigenvalue weighted by Gasteiger charge is -2.37. The number of hydrogen-bond acceptors (Lipinski definition) is 5. The topological polar surface area (TPSA) is 102 Å². The zero-order valence-corrected chi connectivity index (χ0v) is 15.5. The van der Waals surface area contributed by atoms with E-state index in [1.165, 1.54) is 11.1 Å². The number of hydrogen-bond donors (Lipinski definition) is 2. The molecule has 1 aromatic rings. The zero-order chi connectivity index (χ0) is 19.8. The van der Waals surface area contributed by atoms with Gasteiger partial charge in [0.2, 0.25) is 11.8 Å². The predicted molar refractivity (Wildman–Crippen MR) is 98.0 cm³/mol. The van der Waals surface area contributed by atoms with Gasteiger partial charge in [0.15, 0.2) is 0 Å². The number of carbonyl (C=O) groups excluding carboxylic acids is 3. The third-order valence-electron chi connectivity index (χ3n) is 5.99. The highest BCUT2D eigenvalue weighted by molar-refractivity contribution is 6.16. The van der Waals surface area contributed by atoms with Crippen molar-refractivity contribution in [1.29, 1.82) is 0 Å². The molecule has 0 saturated carbocycles. The number of aryl methyl sites for hydroxylation is 2. The number of amides is 4. The van der Waals surface area contributed by atoms with Gasteiger partial charge in [-0.2, -0.15) is 0 Å². The molecule has 0 radical (unpaired) electrons. The Morgan fingerprint density at radius 3 is 2.54 bits per heavy atom. The minimum absolute atomic E-state index is 0.337. The van der Waals surface area contributed by atoms with E-state index in [2.05, 4.69) is 5.32 Å². The highest BCUT2D eigenvalue weighted by Crippen LogP contribution is 2.30. The summed E-state index contributed by atoms with van der Waals surface area (Å²) in [5, 5.41) is 2.20. The van der Waals surface area contributed by atoms with Crippen molar-refractivity contribution in [3.8, 4) is 0 Å². The van der Waals surface area contributed by atoms with Crippen LogP contribution >= 0.6 is 0 Å². The van der Waals surface area contributed by atoms with E-state index in [0.717, 1.165) is 17.7 Å². The summed E-state index contributed by atoms with van der Waals surface area (Å²) in [6.07, 6.45) is 1.06. The fourth-order valence-electron chi connectivity index (χ4n) is 4.13. The predicted octanol–water partition coefficient (Wildman–Crippen LogP) is 1.39. The van der Waals surface area contributed by atoms with E-state index in [1.54, 1.807) is 6.07 Å². The van der Waals surface area contributed by atoms with Crippen LogP contribution in [0.1, 0.15) is 42.0 Å². The Kier molecular flexibility index (Phi) is 5.16. The molecule has 3 N–H and O–H groups in total. The number of fused-ring (bicyclic) bond motifs is 1. The number of imide groups is 2. The molecule has 2 fully saturated rings. The molecule has 150 valence electrons. The summed E-state index contributed by atoms with van der Waals surface area (Å²) >= 11 is 0. The van der Waals surface area contributed by atoms with Crippen molar-refractivity contribution < 1.29 is 23.5 Å². The average molecular weight is 389 g/mol. The van der Waals surface area contributed by atoms with E-state index < -0.39 is 36.0 Å². The molecule has 0 aromatic heterocycles. The van der Waals surface area contributed by atoms with Crippen LogP contribution in [0.25, 0.3) is 0 Å². The van der Waals surface area contributed by atoms with Crippen molar-refractivity contribution in [3.05, 3.63) is 34.9 Å². The summed E-state index contributed by atoms with van der Waals surface area (Å²) < 4.78 is 20.2. The number of alkyl halides is 1. The summed E-state index contributed by atoms with van der Waals surface area (Å²) in [4.78, 5) is 38.3. The van der Waals surface area contributed by atoms with Crippen LogP contribution in [-0.4, -0.2) is 48.2 Å². The Morgan fingerprint density at radius 1 is 1.18 bits per heavy atom. The summed E-state index contributed by atoms with van der Waals surface area (Å²) in [5.74, 6) is -2.66. The first kappa shape index (κ1) is 19.0. The smallest absolute Gasteiger partial charge is 0.331 e. The van der Waals surface area contributed by atoms with E-state index in [9.17, 15) is 18.8 Å². The summed E-state index contributed by atoms with van der Waals surface area (Å²) in [6.45, 7) is 0.880. The molecule has 4 amide bonds. The first-order chi connectivity index (χ1) is 13.5. The van der Waals surface area contributed by atoms with Crippen molar-refractivity contribution in [2.45, 2.75) is 50.4 Å². The highest BCUT2D eigenvalue weighted by Gasteiger charge is 2.45. The van der Waals surface area contributed by atoms with Crippen molar-refractivity contribution in [3.63, 3.8) is 0 Å². The number of urea groups is 1. The molecule has 2 aliphatic heterocycles. The van der Waals surface area contributed by atoms with E-state index in [4.69, 9.17) is 10.5 Å². The Balaban J connectivity index is 1.47. The maximum absolute atomic E-state index is 14.9. The van der Waals surface area contributed by atoms with Gasteiger partial charge in [-0.1, -0.05) is 18.2 Å². The number of nitrogens with two attached hydrogens (primary N) is 1. The molecule has 1 aliphatic carbocycles. The largest absolute Gasteiger partial charge is 0.381 e. The van der Waals surface area contributed by atoms with Gasteiger partial charge >= 0.3 is 6.03 Å². The second-order valence-electron chi connectivity index (χ2n) is 7.70. The number of ether oxygens (including phenoxy) is 1. The minimum Gasteiger partial charge on any atom is -0.381 e. The Hall–Kier alpha value is -2.32. The van der Waals surface area contributed by atoms with Gasteiger partial charge in [-0.15, -0.1) is 0 Å². The van der Waals surface area contributed by atoms with Gasteiger partial charge in [-0.05, 0) is 42.4 Å². The molecule has 4 rings (SSSR count). The van der Waals surface area contributed by atoms with Gasteiger partial charge in [-0.3, -0.25) is 19.8 Å². The fraction of sp³-hybridized carbons (Fsp3) is 0.550. The lowest BCUT2D eigenvalue weighted by molar-refractivity contribution is -0.146. The maximum atomic E-state index is 14.9. The van der Waals surface area contributed by atoms with Crippen LogP contribution in [-0.2, 0) is 27.2 Å². The molecule has 7 nitrogen and oxygen atoms in total. The number of nitrogens with zero attached hydrogens (tertiary/aromatic N) is 1. The van der Waals surface area contributed by atoms with Crippen LogP contribution in [0.4, 0.5) is 9.18 Å². The van der Waals surface area contributed by atoms with Crippen LogP contribution in [0.15, 0.2) is 18.2 Å². The van der Waals surface area contributed by atoms with Gasteiger partial charge in [0, 0.05) is 25.7 Å². The van der Waals surface area contributed by atoms with Crippen molar-refractivity contribution in [2.75, 3.05) is 13.2 Å². The highest BCUT2D eigenvalue weighted by atomic mass is 19.1. The van der Waals surface area contributed by atoms with Gasteiger partial charge in [0.05, 0.1) is 6.04 Å². The van der Waals surface area contributed by atoms with Crippen LogP contribution in [0.2, 0.25) is 0 Å². The SMILES string of the molecule is N[C@@H](c1ccc2c(c1)CC2)[C@@H](F)CC1C(=O)NC(=O)N(C2CCOCC2)C1=O. The van der Waals surface area contributed by atoms with E-state index in [-0.39, 0.29) is 12.5 Å². The second-order valence-corrected chi connectivity index (χ2v) is 7.70. The Bertz CT molecular complexity index is 809. The fourth-order valence-corrected chi connectivity index (χ4v) is 4.13. The molecular weight excluding hydrogens is 365 g/mol. The first-order valence-electron chi connectivity index (χ1n) is 9.72. The molecular formula is C20H24FN3O4. The number of barbiturate groups is 1. The molecule has 0 spiro atoms. The van der Waals surface area contributed by atoms with Crippen molar-refractivity contribution >= 4 is 17.8 Å². The molecule has 0 bridgehead atoms. The summed E-state index contributed by atoms with van der Waals surface area (Å²) in [7, 11) is 0.